The molecule has 186 valence electrons. The largest absolute Gasteiger partial charge is 0.465 e. The van der Waals surface area contributed by atoms with Crippen molar-refractivity contribution in [1.29, 1.82) is 0 Å². The van der Waals surface area contributed by atoms with Gasteiger partial charge in [-0.25, -0.2) is 0 Å². The Bertz CT molecular complexity index is 920. The molecule has 34 heavy (non-hydrogen) atoms. The highest BCUT2D eigenvalue weighted by Crippen LogP contribution is 2.31. The summed E-state index contributed by atoms with van der Waals surface area (Å²) >= 11 is 0. The topological polar surface area (TPSA) is 113 Å². The van der Waals surface area contributed by atoms with E-state index >= 15 is 0 Å². The van der Waals surface area contributed by atoms with Gasteiger partial charge in [0.05, 0.1) is 25.2 Å². The first-order valence-electron chi connectivity index (χ1n) is 11.7. The molecule has 1 aromatic carbocycles. The molecule has 2 heterocycles. The molecule has 0 radical (unpaired) electrons. The summed E-state index contributed by atoms with van der Waals surface area (Å²) < 4.78 is 10.7. The lowest BCUT2D eigenvalue weighted by molar-refractivity contribution is -0.148. The number of rotatable bonds is 10. The molecule has 0 bridgehead atoms. The molecule has 1 aromatic rings. The SMILES string of the molecule is CC(C)OCCCOC(=O)C1CC(=O)N(c2ccc(N3CC(C(=O)C(C)(C)O)CC3=O)cc2)C1. The van der Waals surface area contributed by atoms with Crippen LogP contribution in [0.5, 0.6) is 0 Å². The summed E-state index contributed by atoms with van der Waals surface area (Å²) in [4.78, 5) is 52.7. The maximum absolute atomic E-state index is 12.5. The minimum atomic E-state index is -1.49. The van der Waals surface area contributed by atoms with Gasteiger partial charge in [-0.3, -0.25) is 19.2 Å². The summed E-state index contributed by atoms with van der Waals surface area (Å²) in [5.41, 5.74) is -0.239. The third-order valence-corrected chi connectivity index (χ3v) is 6.01. The molecule has 0 saturated carbocycles. The zero-order valence-corrected chi connectivity index (χ0v) is 20.3. The van der Waals surface area contributed by atoms with E-state index in [1.807, 2.05) is 13.8 Å². The van der Waals surface area contributed by atoms with Crippen molar-refractivity contribution in [3.8, 4) is 0 Å². The molecule has 2 aliphatic rings. The second-order valence-corrected chi connectivity index (χ2v) is 9.69. The number of hydrogen-bond acceptors (Lipinski definition) is 7. The normalized spacial score (nSPS) is 21.0. The predicted molar refractivity (Wildman–Crippen MR) is 125 cm³/mol. The Morgan fingerprint density at radius 1 is 0.971 bits per heavy atom. The van der Waals surface area contributed by atoms with E-state index in [4.69, 9.17) is 9.47 Å². The molecule has 2 saturated heterocycles. The summed E-state index contributed by atoms with van der Waals surface area (Å²) in [6.45, 7) is 7.95. The summed E-state index contributed by atoms with van der Waals surface area (Å²) in [6.07, 6.45) is 0.882. The van der Waals surface area contributed by atoms with Crippen LogP contribution in [0.15, 0.2) is 24.3 Å². The lowest BCUT2D eigenvalue weighted by atomic mass is 9.91. The molecular weight excluding hydrogens is 440 g/mol. The van der Waals surface area contributed by atoms with E-state index in [1.54, 1.807) is 29.2 Å². The van der Waals surface area contributed by atoms with Gasteiger partial charge in [0.2, 0.25) is 11.8 Å². The third-order valence-electron chi connectivity index (χ3n) is 6.01. The van der Waals surface area contributed by atoms with Crippen molar-refractivity contribution in [2.75, 3.05) is 36.1 Å². The Morgan fingerprint density at radius 2 is 1.47 bits per heavy atom. The van der Waals surface area contributed by atoms with Crippen molar-refractivity contribution >= 4 is 34.9 Å². The molecule has 9 nitrogen and oxygen atoms in total. The highest BCUT2D eigenvalue weighted by molar-refractivity contribution is 6.03. The van der Waals surface area contributed by atoms with E-state index in [-0.39, 0.29) is 62.2 Å². The van der Waals surface area contributed by atoms with Gasteiger partial charge >= 0.3 is 5.97 Å². The fraction of sp³-hybridized carbons (Fsp3) is 0.600. The maximum Gasteiger partial charge on any atom is 0.311 e. The summed E-state index contributed by atoms with van der Waals surface area (Å²) in [7, 11) is 0. The van der Waals surface area contributed by atoms with Gasteiger partial charge < -0.3 is 24.4 Å². The van der Waals surface area contributed by atoms with E-state index in [9.17, 15) is 24.3 Å². The van der Waals surface area contributed by atoms with Crippen LogP contribution in [0.1, 0.15) is 47.0 Å². The van der Waals surface area contributed by atoms with Crippen LogP contribution in [0.4, 0.5) is 11.4 Å². The number of amides is 2. The molecule has 0 aromatic heterocycles. The van der Waals surface area contributed by atoms with Gasteiger partial charge in [0.25, 0.3) is 0 Å². The van der Waals surface area contributed by atoms with Crippen molar-refractivity contribution in [3.63, 3.8) is 0 Å². The Morgan fingerprint density at radius 3 is 1.97 bits per heavy atom. The van der Waals surface area contributed by atoms with Gasteiger partial charge in [-0.15, -0.1) is 0 Å². The average Bonchev–Trinajstić information content (AvgIpc) is 3.35. The quantitative estimate of drug-likeness (QED) is 0.408. The van der Waals surface area contributed by atoms with Gasteiger partial charge in [0.1, 0.15) is 5.60 Å². The lowest BCUT2D eigenvalue weighted by Gasteiger charge is -2.22. The fourth-order valence-corrected chi connectivity index (χ4v) is 4.23. The number of benzene rings is 1. The highest BCUT2D eigenvalue weighted by Gasteiger charge is 2.40. The van der Waals surface area contributed by atoms with E-state index in [0.29, 0.717) is 24.4 Å². The number of hydrogen-bond donors (Lipinski definition) is 1. The Kier molecular flexibility index (Phi) is 8.09. The van der Waals surface area contributed by atoms with Gasteiger partial charge in [-0.2, -0.15) is 0 Å². The van der Waals surface area contributed by atoms with Gasteiger partial charge in [-0.05, 0) is 52.0 Å². The van der Waals surface area contributed by atoms with Crippen LogP contribution >= 0.6 is 0 Å². The monoisotopic (exact) mass is 474 g/mol. The summed E-state index contributed by atoms with van der Waals surface area (Å²) in [6, 6.07) is 6.89. The molecule has 2 aliphatic heterocycles. The average molecular weight is 475 g/mol. The molecule has 2 fully saturated rings. The maximum atomic E-state index is 12.5. The molecule has 2 unspecified atom stereocenters. The number of carbonyl (C=O) groups is 4. The van der Waals surface area contributed by atoms with Crippen molar-refractivity contribution < 1.29 is 33.8 Å². The van der Waals surface area contributed by atoms with Crippen molar-refractivity contribution in [3.05, 3.63) is 24.3 Å². The second kappa shape index (κ2) is 10.7. The first kappa shape index (κ1) is 25.8. The number of esters is 1. The number of ketones is 1. The van der Waals surface area contributed by atoms with Gasteiger partial charge in [-0.1, -0.05) is 0 Å². The molecule has 9 heteroatoms. The first-order valence-corrected chi connectivity index (χ1v) is 11.7. The molecule has 2 atom stereocenters. The van der Waals surface area contributed by atoms with Crippen LogP contribution in [0.25, 0.3) is 0 Å². The standard InChI is InChI=1S/C25H34N2O7/c1-16(2)33-10-5-11-34-24(31)18-13-22(29)27(15-18)20-8-6-19(7-9-20)26-14-17(12-21(26)28)23(30)25(3,4)32/h6-9,16-18,32H,5,10-15H2,1-4H3. The molecule has 0 aliphatic carbocycles. The number of ether oxygens (including phenoxy) is 2. The Balaban J connectivity index is 1.55. The molecule has 3 rings (SSSR count). The molecule has 2 amide bonds. The lowest BCUT2D eigenvalue weighted by Crippen LogP contribution is -2.38. The minimum Gasteiger partial charge on any atom is -0.465 e. The van der Waals surface area contributed by atoms with Crippen LogP contribution in [0.3, 0.4) is 0 Å². The zero-order valence-electron chi connectivity index (χ0n) is 20.3. The van der Waals surface area contributed by atoms with Crippen molar-refractivity contribution in [2.24, 2.45) is 11.8 Å². The van der Waals surface area contributed by atoms with Crippen molar-refractivity contribution in [1.82, 2.24) is 0 Å². The molecule has 1 N–H and O–H groups in total. The number of Topliss-reactive ketones (excluding diaryl/α,β-unsaturated/α-hetero) is 1. The fourth-order valence-electron chi connectivity index (χ4n) is 4.23. The minimum absolute atomic E-state index is 0.0581. The smallest absolute Gasteiger partial charge is 0.311 e. The molecular formula is C25H34N2O7. The van der Waals surface area contributed by atoms with Gasteiger partial charge in [0, 0.05) is 49.6 Å². The second-order valence-electron chi connectivity index (χ2n) is 9.69. The van der Waals surface area contributed by atoms with Crippen molar-refractivity contribution in [2.45, 2.75) is 58.7 Å². The number of aliphatic hydroxyl groups is 1. The van der Waals surface area contributed by atoms with Crippen LogP contribution in [-0.2, 0) is 28.7 Å². The van der Waals surface area contributed by atoms with E-state index < -0.39 is 17.4 Å². The third kappa shape index (κ3) is 6.21. The van der Waals surface area contributed by atoms with Gasteiger partial charge in [0.15, 0.2) is 5.78 Å². The summed E-state index contributed by atoms with van der Waals surface area (Å²) in [5, 5.41) is 9.97. The number of nitrogens with zero attached hydrogens (tertiary/aromatic N) is 2. The van der Waals surface area contributed by atoms with Crippen LogP contribution in [0, 0.1) is 11.8 Å². The Labute approximate surface area is 200 Å². The van der Waals surface area contributed by atoms with Crippen LogP contribution in [-0.4, -0.2) is 66.7 Å². The van der Waals surface area contributed by atoms with Crippen LogP contribution < -0.4 is 9.80 Å². The van der Waals surface area contributed by atoms with E-state index in [2.05, 4.69) is 0 Å². The van der Waals surface area contributed by atoms with E-state index in [0.717, 1.165) is 0 Å². The predicted octanol–water partition coefficient (Wildman–Crippen LogP) is 2.09. The molecule has 0 spiro atoms. The Hall–Kier alpha value is -2.78. The van der Waals surface area contributed by atoms with E-state index in [1.165, 1.54) is 18.7 Å². The number of carbonyl (C=O) groups excluding carboxylic acids is 4. The summed E-state index contributed by atoms with van der Waals surface area (Å²) in [5.74, 6) is -2.17. The highest BCUT2D eigenvalue weighted by atomic mass is 16.5. The number of anilines is 2. The zero-order chi connectivity index (χ0) is 25.0. The first-order chi connectivity index (χ1) is 16.0. The van der Waals surface area contributed by atoms with Crippen LogP contribution in [0.2, 0.25) is 0 Å².